The fourth-order valence-electron chi connectivity index (χ4n) is 2.57. The molecule has 1 aliphatic rings. The van der Waals surface area contributed by atoms with Gasteiger partial charge >= 0.3 is 0 Å². The maximum absolute atomic E-state index is 6.19. The Hall–Kier alpha value is -0.380. The second kappa shape index (κ2) is 5.98. The Bertz CT molecular complexity index is 325. The highest BCUT2D eigenvalue weighted by Gasteiger charge is 2.27. The molecule has 0 aliphatic heterocycles. The average molecular weight is 253 g/mol. The van der Waals surface area contributed by atoms with Gasteiger partial charge in [-0.25, -0.2) is 0 Å². The van der Waals surface area contributed by atoms with Gasteiger partial charge in [-0.15, -0.1) is 11.3 Å². The molecule has 4 atom stereocenters. The smallest absolute Gasteiger partial charge is 0.104 e. The quantitative estimate of drug-likeness (QED) is 0.890. The lowest BCUT2D eigenvalue weighted by atomic mass is 9.80. The molecule has 17 heavy (non-hydrogen) atoms. The van der Waals surface area contributed by atoms with Crippen LogP contribution in [0.15, 0.2) is 17.5 Å². The Kier molecular flexibility index (Phi) is 4.60. The molecule has 2 rings (SSSR count). The summed E-state index contributed by atoms with van der Waals surface area (Å²) in [5.74, 6) is 1.61. The van der Waals surface area contributed by atoms with E-state index in [2.05, 4.69) is 31.4 Å². The first kappa shape index (κ1) is 13.1. The first-order valence-electron chi connectivity index (χ1n) is 6.59. The average Bonchev–Trinajstić information content (AvgIpc) is 2.84. The van der Waals surface area contributed by atoms with E-state index in [-0.39, 0.29) is 6.10 Å². The van der Waals surface area contributed by atoms with Crippen LogP contribution in [-0.4, -0.2) is 12.6 Å². The molecule has 0 spiro atoms. The van der Waals surface area contributed by atoms with E-state index >= 15 is 0 Å². The number of thiophene rings is 1. The van der Waals surface area contributed by atoms with Gasteiger partial charge in [0.05, 0.1) is 6.10 Å². The summed E-state index contributed by atoms with van der Waals surface area (Å²) in [5, 5.41) is 2.09. The lowest BCUT2D eigenvalue weighted by Gasteiger charge is -2.33. The highest BCUT2D eigenvalue weighted by molar-refractivity contribution is 7.10. The summed E-state index contributed by atoms with van der Waals surface area (Å²) in [4.78, 5) is 1.26. The summed E-state index contributed by atoms with van der Waals surface area (Å²) in [6, 6.07) is 4.19. The zero-order valence-electron chi connectivity index (χ0n) is 10.8. The number of rotatable bonds is 4. The predicted molar refractivity (Wildman–Crippen MR) is 73.2 cm³/mol. The van der Waals surface area contributed by atoms with Gasteiger partial charge in [-0.1, -0.05) is 19.9 Å². The molecule has 96 valence electrons. The van der Waals surface area contributed by atoms with Gasteiger partial charge in [0.2, 0.25) is 0 Å². The van der Waals surface area contributed by atoms with E-state index in [1.807, 2.05) is 0 Å². The van der Waals surface area contributed by atoms with E-state index in [0.717, 1.165) is 11.8 Å². The first-order valence-corrected chi connectivity index (χ1v) is 7.47. The van der Waals surface area contributed by atoms with Crippen molar-refractivity contribution in [3.63, 3.8) is 0 Å². The van der Waals surface area contributed by atoms with Gasteiger partial charge in [-0.3, -0.25) is 0 Å². The van der Waals surface area contributed by atoms with Gasteiger partial charge < -0.3 is 10.5 Å². The zero-order chi connectivity index (χ0) is 12.3. The van der Waals surface area contributed by atoms with Crippen LogP contribution in [0.5, 0.6) is 0 Å². The minimum Gasteiger partial charge on any atom is -0.368 e. The van der Waals surface area contributed by atoms with Crippen LogP contribution in [-0.2, 0) is 4.74 Å². The molecule has 1 aliphatic carbocycles. The van der Waals surface area contributed by atoms with Gasteiger partial charge in [0.15, 0.2) is 0 Å². The summed E-state index contributed by atoms with van der Waals surface area (Å²) in [6.07, 6.45) is 4.15. The minimum atomic E-state index is 0.0978. The van der Waals surface area contributed by atoms with Crippen molar-refractivity contribution in [3.8, 4) is 0 Å². The Morgan fingerprint density at radius 2 is 2.24 bits per heavy atom. The number of hydrogen-bond donors (Lipinski definition) is 1. The Morgan fingerprint density at radius 1 is 1.41 bits per heavy atom. The van der Waals surface area contributed by atoms with E-state index < -0.39 is 0 Å². The standard InChI is InChI=1S/C14H23NOS/c1-10-5-6-12(8-11(10)2)16-13(9-15)14-4-3-7-17-14/h3-4,7,10-13H,5-6,8-9,15H2,1-2H3. The Morgan fingerprint density at radius 3 is 2.82 bits per heavy atom. The normalized spacial score (nSPS) is 31.4. The van der Waals surface area contributed by atoms with Crippen molar-refractivity contribution < 1.29 is 4.74 Å². The monoisotopic (exact) mass is 253 g/mol. The molecule has 1 heterocycles. The maximum Gasteiger partial charge on any atom is 0.104 e. The van der Waals surface area contributed by atoms with Crippen molar-refractivity contribution in [2.75, 3.05) is 6.54 Å². The number of ether oxygens (including phenoxy) is 1. The molecule has 0 bridgehead atoms. The molecule has 3 heteroatoms. The van der Waals surface area contributed by atoms with E-state index in [4.69, 9.17) is 10.5 Å². The van der Waals surface area contributed by atoms with Crippen LogP contribution < -0.4 is 5.73 Å². The van der Waals surface area contributed by atoms with Gasteiger partial charge in [0.25, 0.3) is 0 Å². The molecule has 1 aromatic rings. The second-order valence-corrected chi connectivity index (χ2v) is 6.24. The predicted octanol–water partition coefficient (Wildman–Crippen LogP) is 3.59. The van der Waals surface area contributed by atoms with Crippen molar-refractivity contribution >= 4 is 11.3 Å². The van der Waals surface area contributed by atoms with Crippen molar-refractivity contribution in [1.82, 2.24) is 0 Å². The zero-order valence-corrected chi connectivity index (χ0v) is 11.6. The van der Waals surface area contributed by atoms with Gasteiger partial charge in [0.1, 0.15) is 6.10 Å². The molecular weight excluding hydrogens is 230 g/mol. The second-order valence-electron chi connectivity index (χ2n) is 5.27. The van der Waals surface area contributed by atoms with E-state index in [0.29, 0.717) is 12.6 Å². The molecule has 0 aromatic carbocycles. The fraction of sp³-hybridized carbons (Fsp3) is 0.714. The van der Waals surface area contributed by atoms with Gasteiger partial charge in [0, 0.05) is 11.4 Å². The van der Waals surface area contributed by atoms with Crippen LogP contribution in [0.3, 0.4) is 0 Å². The fourth-order valence-corrected chi connectivity index (χ4v) is 3.34. The van der Waals surface area contributed by atoms with Crippen molar-refractivity contribution in [3.05, 3.63) is 22.4 Å². The van der Waals surface area contributed by atoms with Crippen LogP contribution in [0.1, 0.15) is 44.1 Å². The minimum absolute atomic E-state index is 0.0978. The third-order valence-corrected chi connectivity index (χ3v) is 4.95. The lowest BCUT2D eigenvalue weighted by molar-refractivity contribution is -0.0434. The van der Waals surface area contributed by atoms with Gasteiger partial charge in [-0.2, -0.15) is 0 Å². The molecule has 0 amide bonds. The molecule has 2 N–H and O–H groups in total. The largest absolute Gasteiger partial charge is 0.368 e. The Balaban J connectivity index is 1.91. The molecule has 1 fully saturated rings. The molecule has 1 saturated carbocycles. The molecule has 2 nitrogen and oxygen atoms in total. The van der Waals surface area contributed by atoms with Gasteiger partial charge in [-0.05, 0) is 42.5 Å². The third-order valence-electron chi connectivity index (χ3n) is 3.98. The van der Waals surface area contributed by atoms with Crippen LogP contribution >= 0.6 is 11.3 Å². The summed E-state index contributed by atoms with van der Waals surface area (Å²) in [6.45, 7) is 5.27. The molecule has 1 aromatic heterocycles. The highest BCUT2D eigenvalue weighted by Crippen LogP contribution is 2.34. The summed E-state index contributed by atoms with van der Waals surface area (Å²) in [5.41, 5.74) is 5.82. The van der Waals surface area contributed by atoms with Crippen LogP contribution in [0.25, 0.3) is 0 Å². The molecular formula is C14H23NOS. The molecule has 0 radical (unpaired) electrons. The molecule has 4 unspecified atom stereocenters. The first-order chi connectivity index (χ1) is 8.20. The van der Waals surface area contributed by atoms with Crippen molar-refractivity contribution in [1.29, 1.82) is 0 Å². The van der Waals surface area contributed by atoms with Crippen molar-refractivity contribution in [2.24, 2.45) is 17.6 Å². The molecule has 0 saturated heterocycles. The van der Waals surface area contributed by atoms with Crippen LogP contribution in [0.2, 0.25) is 0 Å². The summed E-state index contributed by atoms with van der Waals surface area (Å²) < 4.78 is 6.19. The van der Waals surface area contributed by atoms with E-state index in [9.17, 15) is 0 Å². The van der Waals surface area contributed by atoms with E-state index in [1.54, 1.807) is 11.3 Å². The summed E-state index contributed by atoms with van der Waals surface area (Å²) >= 11 is 1.74. The number of nitrogens with two attached hydrogens (primary N) is 1. The highest BCUT2D eigenvalue weighted by atomic mass is 32.1. The Labute approximate surface area is 108 Å². The van der Waals surface area contributed by atoms with Crippen LogP contribution in [0.4, 0.5) is 0 Å². The topological polar surface area (TPSA) is 35.2 Å². The SMILES string of the molecule is CC1CCC(OC(CN)c2cccs2)CC1C. The summed E-state index contributed by atoms with van der Waals surface area (Å²) in [7, 11) is 0. The van der Waals surface area contributed by atoms with Crippen LogP contribution in [0, 0.1) is 11.8 Å². The lowest BCUT2D eigenvalue weighted by Crippen LogP contribution is -2.29. The third kappa shape index (κ3) is 3.30. The van der Waals surface area contributed by atoms with Crippen molar-refractivity contribution in [2.45, 2.75) is 45.3 Å². The number of hydrogen-bond acceptors (Lipinski definition) is 3. The van der Waals surface area contributed by atoms with E-state index in [1.165, 1.54) is 24.1 Å². The maximum atomic E-state index is 6.19.